The van der Waals surface area contributed by atoms with Crippen LogP contribution in [-0.2, 0) is 6.42 Å². The van der Waals surface area contributed by atoms with Crippen molar-refractivity contribution in [2.45, 2.75) is 41.0 Å². The molecule has 38 heavy (non-hydrogen) atoms. The minimum Gasteiger partial charge on any atom is -0.366 e. The molecular formula is C30H34BrN5OS. The van der Waals surface area contributed by atoms with E-state index in [0.717, 1.165) is 46.3 Å². The van der Waals surface area contributed by atoms with Gasteiger partial charge in [0.1, 0.15) is 0 Å². The van der Waals surface area contributed by atoms with Crippen LogP contribution in [0, 0.1) is 27.7 Å². The van der Waals surface area contributed by atoms with Crippen LogP contribution < -0.4 is 0 Å². The molecule has 0 atom stereocenters. The van der Waals surface area contributed by atoms with Crippen molar-refractivity contribution < 1.29 is 4.79 Å². The van der Waals surface area contributed by atoms with Crippen LogP contribution in [-0.4, -0.2) is 50.9 Å². The molecule has 0 fully saturated rings. The van der Waals surface area contributed by atoms with Crippen molar-refractivity contribution >= 4 is 45.1 Å². The first-order valence-corrected chi connectivity index (χ1v) is 14.4. The predicted octanol–water partition coefficient (Wildman–Crippen LogP) is 7.30. The predicted molar refractivity (Wildman–Crippen MR) is 162 cm³/mol. The van der Waals surface area contributed by atoms with E-state index in [-0.39, 0.29) is 5.78 Å². The molecule has 0 saturated carbocycles. The number of nitrogens with zero attached hydrogens (tertiary/aromatic N) is 5. The van der Waals surface area contributed by atoms with Crippen molar-refractivity contribution in [1.29, 1.82) is 0 Å². The number of alkyl halides is 1. The van der Waals surface area contributed by atoms with Crippen LogP contribution in [0.25, 0.3) is 11.3 Å². The number of thiazole rings is 1. The van der Waals surface area contributed by atoms with Gasteiger partial charge in [0, 0.05) is 60.3 Å². The van der Waals surface area contributed by atoms with E-state index in [0.29, 0.717) is 10.9 Å². The summed E-state index contributed by atoms with van der Waals surface area (Å²) in [7, 11) is 2.03. The number of hydrogen-bond acceptors (Lipinski definition) is 6. The molecule has 0 aliphatic heterocycles. The van der Waals surface area contributed by atoms with E-state index in [4.69, 9.17) is 4.98 Å². The summed E-state index contributed by atoms with van der Waals surface area (Å²) in [6.07, 6.45) is 6.22. The first kappa shape index (κ1) is 29.3. The Morgan fingerprint density at radius 2 is 1.74 bits per heavy atom. The molecule has 0 amide bonds. The number of pyridine rings is 2. The first-order chi connectivity index (χ1) is 18.2. The van der Waals surface area contributed by atoms with Gasteiger partial charge in [-0.25, -0.2) is 9.98 Å². The minimum atomic E-state index is 0.0671. The maximum Gasteiger partial charge on any atom is 0.174 e. The summed E-state index contributed by atoms with van der Waals surface area (Å²) in [6.45, 7) is 11.2. The van der Waals surface area contributed by atoms with Gasteiger partial charge in [-0.2, -0.15) is 0 Å². The first-order valence-electron chi connectivity index (χ1n) is 12.4. The number of carbonyl (C=O) groups excluding carboxylic acids is 1. The van der Waals surface area contributed by atoms with Gasteiger partial charge in [0.05, 0.1) is 28.1 Å². The van der Waals surface area contributed by atoms with Gasteiger partial charge in [0.2, 0.25) is 0 Å². The van der Waals surface area contributed by atoms with Crippen LogP contribution in [0.1, 0.15) is 50.4 Å². The normalized spacial score (nSPS) is 10.8. The van der Waals surface area contributed by atoms with Gasteiger partial charge in [-0.15, -0.1) is 11.3 Å². The third kappa shape index (κ3) is 8.39. The second kappa shape index (κ2) is 14.1. The summed E-state index contributed by atoms with van der Waals surface area (Å²) in [6, 6.07) is 12.1. The molecule has 0 aliphatic carbocycles. The van der Waals surface area contributed by atoms with Crippen molar-refractivity contribution in [3.05, 3.63) is 92.8 Å². The van der Waals surface area contributed by atoms with Crippen LogP contribution in [0.3, 0.4) is 0 Å². The fourth-order valence-corrected chi connectivity index (χ4v) is 4.60. The summed E-state index contributed by atoms with van der Waals surface area (Å²) in [5, 5.41) is 3.59. The maximum atomic E-state index is 11.0. The summed E-state index contributed by atoms with van der Waals surface area (Å²) in [5.41, 5.74) is 9.45. The molecule has 4 rings (SSSR count). The lowest BCUT2D eigenvalue weighted by Gasteiger charge is -2.11. The number of benzene rings is 1. The van der Waals surface area contributed by atoms with Gasteiger partial charge >= 0.3 is 0 Å². The highest BCUT2D eigenvalue weighted by molar-refractivity contribution is 9.09. The molecule has 4 aromatic rings. The molecule has 0 spiro atoms. The molecule has 6 nitrogen and oxygen atoms in total. The minimum absolute atomic E-state index is 0.0671. The lowest BCUT2D eigenvalue weighted by atomic mass is 10.0. The molecule has 3 heterocycles. The van der Waals surface area contributed by atoms with Crippen LogP contribution in [0.15, 0.2) is 59.2 Å². The number of Topliss-reactive ketones (excluding diaryl/α,β-unsaturated/α-hetero) is 1. The Hall–Kier alpha value is -3.23. The quantitative estimate of drug-likeness (QED) is 0.0930. The van der Waals surface area contributed by atoms with E-state index < -0.39 is 0 Å². The van der Waals surface area contributed by atoms with Crippen LogP contribution in [0.4, 0.5) is 5.69 Å². The Kier molecular flexibility index (Phi) is 10.9. The van der Waals surface area contributed by atoms with Gasteiger partial charge in [-0.1, -0.05) is 22.0 Å². The lowest BCUT2D eigenvalue weighted by Crippen LogP contribution is -2.14. The van der Waals surface area contributed by atoms with E-state index >= 15 is 0 Å². The van der Waals surface area contributed by atoms with Gasteiger partial charge in [-0.3, -0.25) is 14.8 Å². The van der Waals surface area contributed by atoms with Gasteiger partial charge < -0.3 is 4.90 Å². The fraction of sp³-hybridized carbons (Fsp3) is 0.300. The van der Waals surface area contributed by atoms with E-state index in [1.807, 2.05) is 45.6 Å². The van der Waals surface area contributed by atoms with Gasteiger partial charge in [-0.05, 0) is 81.6 Å². The highest BCUT2D eigenvalue weighted by Gasteiger charge is 2.10. The number of aryl methyl sites for hydroxylation is 4. The summed E-state index contributed by atoms with van der Waals surface area (Å²) in [4.78, 5) is 30.9. The molecule has 198 valence electrons. The van der Waals surface area contributed by atoms with E-state index in [9.17, 15) is 4.79 Å². The Morgan fingerprint density at radius 3 is 2.34 bits per heavy atom. The standard InChI is InChI=1S/C22H26N4S.C8H8BrNO/c1-6-26(5)14-24-20-10-15(2)19(9-16(20)3)11-22-25-21(13-27-22)18-8-7-17(4)23-12-18;1-6-2-3-7(5-10-6)8(11)4-9/h7-10,12-14H,6,11H2,1-5H3;2-3,5H,4H2,1H3. The molecule has 0 radical (unpaired) electrons. The molecule has 0 saturated heterocycles. The molecule has 0 N–H and O–H groups in total. The third-order valence-electron chi connectivity index (χ3n) is 6.00. The van der Waals surface area contributed by atoms with Crippen LogP contribution in [0.2, 0.25) is 0 Å². The van der Waals surface area contributed by atoms with Crippen molar-refractivity contribution in [2.24, 2.45) is 4.99 Å². The van der Waals surface area contributed by atoms with E-state index in [1.165, 1.54) is 16.7 Å². The number of hydrogen-bond donors (Lipinski definition) is 0. The fourth-order valence-electron chi connectivity index (χ4n) is 3.45. The molecule has 0 bridgehead atoms. The number of carbonyl (C=O) groups is 1. The largest absolute Gasteiger partial charge is 0.366 e. The van der Waals surface area contributed by atoms with Crippen molar-refractivity contribution in [2.75, 3.05) is 18.9 Å². The summed E-state index contributed by atoms with van der Waals surface area (Å²) < 4.78 is 0. The summed E-state index contributed by atoms with van der Waals surface area (Å²) in [5.74, 6) is 0.0671. The molecule has 8 heteroatoms. The second-order valence-electron chi connectivity index (χ2n) is 9.12. The van der Waals surface area contributed by atoms with Crippen molar-refractivity contribution in [3.63, 3.8) is 0 Å². The number of rotatable bonds is 8. The highest BCUT2D eigenvalue weighted by Crippen LogP contribution is 2.27. The van der Waals surface area contributed by atoms with E-state index in [1.54, 1.807) is 23.6 Å². The number of aromatic nitrogens is 3. The maximum absolute atomic E-state index is 11.0. The highest BCUT2D eigenvalue weighted by atomic mass is 79.9. The molecule has 0 unspecified atom stereocenters. The smallest absolute Gasteiger partial charge is 0.174 e. The Bertz CT molecular complexity index is 1380. The van der Waals surface area contributed by atoms with Crippen LogP contribution >= 0.6 is 27.3 Å². The van der Waals surface area contributed by atoms with Crippen molar-refractivity contribution in [3.8, 4) is 11.3 Å². The molecule has 3 aromatic heterocycles. The van der Waals surface area contributed by atoms with Crippen molar-refractivity contribution in [1.82, 2.24) is 19.9 Å². The lowest BCUT2D eigenvalue weighted by molar-refractivity contribution is 0.102. The SMILES string of the molecule is CCN(C)C=Nc1cc(C)c(Cc2nc(-c3ccc(C)nc3)cs2)cc1C.Cc1ccc(C(=O)CBr)cn1. The Balaban J connectivity index is 0.000000304. The van der Waals surface area contributed by atoms with Gasteiger partial charge in [0.25, 0.3) is 0 Å². The zero-order valence-electron chi connectivity index (χ0n) is 22.8. The van der Waals surface area contributed by atoms with Gasteiger partial charge in [0.15, 0.2) is 5.78 Å². The molecule has 0 aliphatic rings. The molecular weight excluding hydrogens is 558 g/mol. The molecule has 1 aromatic carbocycles. The topological polar surface area (TPSA) is 71.3 Å². The number of aliphatic imine (C=N–C) groups is 1. The average Bonchev–Trinajstić information content (AvgIpc) is 3.38. The zero-order chi connectivity index (χ0) is 27.7. The second-order valence-corrected chi connectivity index (χ2v) is 10.6. The zero-order valence-corrected chi connectivity index (χ0v) is 25.2. The van der Waals surface area contributed by atoms with Crippen LogP contribution in [0.5, 0.6) is 0 Å². The monoisotopic (exact) mass is 591 g/mol. The van der Waals surface area contributed by atoms with E-state index in [2.05, 4.69) is 80.1 Å². The third-order valence-corrected chi connectivity index (χ3v) is 7.36. The summed E-state index contributed by atoms with van der Waals surface area (Å²) >= 11 is 4.80. The Labute approximate surface area is 238 Å². The number of halogens is 1. The average molecular weight is 593 g/mol. The Morgan fingerprint density at radius 1 is 1.03 bits per heavy atom. The number of ketones is 1.